The minimum Gasteiger partial charge on any atom is -0.178 e. The molecule has 82 valence electrons. The molecule has 2 rings (SSSR count). The molecule has 0 aliphatic rings. The zero-order chi connectivity index (χ0) is 11.2. The first kappa shape index (κ1) is 10.3. The Bertz CT molecular complexity index is 484. The van der Waals surface area contributed by atoms with Gasteiger partial charge >= 0.3 is 6.18 Å². The Morgan fingerprint density at radius 1 is 1.27 bits per heavy atom. The average molecular weight is 236 g/mol. The fourth-order valence-electron chi connectivity index (χ4n) is 1.04. The van der Waals surface area contributed by atoms with Gasteiger partial charge < -0.3 is 0 Å². The van der Waals surface area contributed by atoms with Gasteiger partial charge in [-0.3, -0.25) is 0 Å². The lowest BCUT2D eigenvalue weighted by atomic mass is 10.2. The van der Waals surface area contributed by atoms with Gasteiger partial charge in [-0.05, 0) is 0 Å². The van der Waals surface area contributed by atoms with Gasteiger partial charge in [0.05, 0.1) is 0 Å². The fourth-order valence-corrected chi connectivity index (χ4v) is 1.88. The van der Waals surface area contributed by atoms with Crippen molar-refractivity contribution >= 4 is 16.3 Å². The molecule has 15 heavy (non-hydrogen) atoms. The van der Waals surface area contributed by atoms with E-state index in [1.165, 1.54) is 0 Å². The van der Waals surface area contributed by atoms with E-state index in [2.05, 4.69) is 15.3 Å². The first-order valence-corrected chi connectivity index (χ1v) is 5.00. The van der Waals surface area contributed by atoms with Gasteiger partial charge in [0, 0.05) is 5.92 Å². The van der Waals surface area contributed by atoms with E-state index in [0.29, 0.717) is 5.01 Å². The second kappa shape index (κ2) is 3.16. The van der Waals surface area contributed by atoms with Crippen LogP contribution in [0.15, 0.2) is 0 Å². The highest BCUT2D eigenvalue weighted by atomic mass is 32.1. The number of rotatable bonds is 1. The second-order valence-corrected chi connectivity index (χ2v) is 4.30. The third-order valence-corrected chi connectivity index (χ3v) is 2.95. The maximum atomic E-state index is 12.4. The fraction of sp³-hybridized carbons (Fsp3) is 0.571. The van der Waals surface area contributed by atoms with Crippen molar-refractivity contribution in [2.75, 3.05) is 0 Å². The number of alkyl halides is 3. The average Bonchev–Trinajstić information content (AvgIpc) is 2.56. The van der Waals surface area contributed by atoms with Gasteiger partial charge in [-0.1, -0.05) is 25.2 Å². The topological polar surface area (TPSA) is 43.1 Å². The number of halogens is 3. The van der Waals surface area contributed by atoms with Crippen molar-refractivity contribution in [3.63, 3.8) is 0 Å². The van der Waals surface area contributed by atoms with E-state index >= 15 is 0 Å². The summed E-state index contributed by atoms with van der Waals surface area (Å²) < 4.78 is 38.0. The van der Waals surface area contributed by atoms with Gasteiger partial charge in [0.25, 0.3) is 5.82 Å². The Morgan fingerprint density at radius 2 is 1.93 bits per heavy atom. The lowest BCUT2D eigenvalue weighted by Gasteiger charge is -2.00. The SMILES string of the molecule is CC(C)c1nn2c(C(F)(F)F)nnc2s1. The highest BCUT2D eigenvalue weighted by molar-refractivity contribution is 7.16. The molecule has 0 saturated heterocycles. The van der Waals surface area contributed by atoms with Crippen LogP contribution in [0.25, 0.3) is 4.96 Å². The summed E-state index contributed by atoms with van der Waals surface area (Å²) in [6, 6.07) is 0. The number of hydrogen-bond donors (Lipinski definition) is 0. The zero-order valence-electron chi connectivity index (χ0n) is 7.91. The summed E-state index contributed by atoms with van der Waals surface area (Å²) in [5, 5.41) is 10.9. The number of fused-ring (bicyclic) bond motifs is 1. The van der Waals surface area contributed by atoms with Crippen LogP contribution in [-0.4, -0.2) is 19.8 Å². The molecule has 0 saturated carbocycles. The third-order valence-electron chi connectivity index (χ3n) is 1.75. The number of hydrogen-bond acceptors (Lipinski definition) is 4. The highest BCUT2D eigenvalue weighted by Gasteiger charge is 2.38. The molecule has 2 heterocycles. The summed E-state index contributed by atoms with van der Waals surface area (Å²) in [6.45, 7) is 3.72. The second-order valence-electron chi connectivity index (χ2n) is 3.31. The molecule has 0 bridgehead atoms. The first-order valence-electron chi connectivity index (χ1n) is 4.19. The zero-order valence-corrected chi connectivity index (χ0v) is 8.72. The lowest BCUT2D eigenvalue weighted by Crippen LogP contribution is -2.11. The van der Waals surface area contributed by atoms with E-state index in [-0.39, 0.29) is 10.9 Å². The predicted molar refractivity (Wildman–Crippen MR) is 47.8 cm³/mol. The molecule has 4 nitrogen and oxygen atoms in total. The van der Waals surface area contributed by atoms with E-state index < -0.39 is 12.0 Å². The highest BCUT2D eigenvalue weighted by Crippen LogP contribution is 2.30. The van der Waals surface area contributed by atoms with Gasteiger partial charge in [-0.15, -0.1) is 10.2 Å². The van der Waals surface area contributed by atoms with Crippen molar-refractivity contribution in [2.24, 2.45) is 0 Å². The van der Waals surface area contributed by atoms with Gasteiger partial charge in [-0.25, -0.2) is 0 Å². The lowest BCUT2D eigenvalue weighted by molar-refractivity contribution is -0.146. The monoisotopic (exact) mass is 236 g/mol. The molecule has 2 aromatic rings. The van der Waals surface area contributed by atoms with Crippen LogP contribution in [0, 0.1) is 0 Å². The van der Waals surface area contributed by atoms with Crippen molar-refractivity contribution in [1.82, 2.24) is 19.8 Å². The summed E-state index contributed by atoms with van der Waals surface area (Å²) >= 11 is 1.12. The van der Waals surface area contributed by atoms with Crippen LogP contribution in [0.4, 0.5) is 13.2 Å². The van der Waals surface area contributed by atoms with E-state index in [0.717, 1.165) is 15.9 Å². The van der Waals surface area contributed by atoms with E-state index in [1.807, 2.05) is 13.8 Å². The van der Waals surface area contributed by atoms with Crippen molar-refractivity contribution < 1.29 is 13.2 Å². The van der Waals surface area contributed by atoms with E-state index in [9.17, 15) is 13.2 Å². The number of nitrogens with zero attached hydrogens (tertiary/aromatic N) is 4. The third kappa shape index (κ3) is 1.69. The van der Waals surface area contributed by atoms with Crippen LogP contribution in [0.3, 0.4) is 0 Å². The van der Waals surface area contributed by atoms with Crippen LogP contribution in [-0.2, 0) is 6.18 Å². The van der Waals surface area contributed by atoms with Crippen molar-refractivity contribution in [1.29, 1.82) is 0 Å². The van der Waals surface area contributed by atoms with Crippen LogP contribution < -0.4 is 0 Å². The summed E-state index contributed by atoms with van der Waals surface area (Å²) in [6.07, 6.45) is -4.51. The molecule has 0 radical (unpaired) electrons. The summed E-state index contributed by atoms with van der Waals surface area (Å²) in [4.78, 5) is 0.172. The Hall–Kier alpha value is -1.18. The van der Waals surface area contributed by atoms with Crippen LogP contribution in [0.2, 0.25) is 0 Å². The molecule has 8 heteroatoms. The summed E-state index contributed by atoms with van der Waals surface area (Å²) in [5.74, 6) is -0.988. The molecule has 0 spiro atoms. The minimum atomic E-state index is -4.51. The van der Waals surface area contributed by atoms with E-state index in [4.69, 9.17) is 0 Å². The molecular formula is C7H7F3N4S. The van der Waals surface area contributed by atoms with Gasteiger partial charge in [0.15, 0.2) is 0 Å². The molecule has 0 fully saturated rings. The Kier molecular flexibility index (Phi) is 2.18. The van der Waals surface area contributed by atoms with Gasteiger partial charge in [0.1, 0.15) is 5.01 Å². The largest absolute Gasteiger partial charge is 0.453 e. The first-order chi connectivity index (χ1) is 6.89. The molecule has 0 unspecified atom stereocenters. The molecule has 2 aromatic heterocycles. The summed E-state index contributed by atoms with van der Waals surface area (Å²) in [5.41, 5.74) is 0. The molecule has 0 aliphatic carbocycles. The standard InChI is InChI=1S/C7H7F3N4S/c1-3(2)4-13-14-5(7(8,9)10)11-12-6(14)15-4/h3H,1-2H3. The number of aromatic nitrogens is 4. The minimum absolute atomic E-state index is 0.0813. The van der Waals surface area contributed by atoms with Crippen LogP contribution in [0.1, 0.15) is 30.6 Å². The maximum Gasteiger partial charge on any atom is 0.453 e. The maximum absolute atomic E-state index is 12.4. The molecule has 0 aliphatic heterocycles. The predicted octanol–water partition coefficient (Wildman–Crippen LogP) is 2.33. The molecule has 0 aromatic carbocycles. The molecule has 0 atom stereocenters. The summed E-state index contributed by atoms with van der Waals surface area (Å²) in [7, 11) is 0. The molecular weight excluding hydrogens is 229 g/mol. The Labute approximate surface area is 86.7 Å². The van der Waals surface area contributed by atoms with Crippen molar-refractivity contribution in [3.8, 4) is 0 Å². The Morgan fingerprint density at radius 3 is 2.47 bits per heavy atom. The van der Waals surface area contributed by atoms with Crippen molar-refractivity contribution in [3.05, 3.63) is 10.8 Å². The van der Waals surface area contributed by atoms with Gasteiger partial charge in [0.2, 0.25) is 4.96 Å². The van der Waals surface area contributed by atoms with Crippen LogP contribution >= 0.6 is 11.3 Å². The normalized spacial score (nSPS) is 12.9. The smallest absolute Gasteiger partial charge is 0.178 e. The van der Waals surface area contributed by atoms with Gasteiger partial charge in [-0.2, -0.15) is 22.8 Å². The molecule has 0 N–H and O–H groups in total. The Balaban J connectivity index is 2.59. The van der Waals surface area contributed by atoms with Crippen LogP contribution in [0.5, 0.6) is 0 Å². The quantitative estimate of drug-likeness (QED) is 0.763. The van der Waals surface area contributed by atoms with Crippen molar-refractivity contribution in [2.45, 2.75) is 25.9 Å². The van der Waals surface area contributed by atoms with E-state index in [1.54, 1.807) is 0 Å². The molecule has 0 amide bonds.